The molecule has 0 saturated carbocycles. The lowest BCUT2D eigenvalue weighted by molar-refractivity contribution is -0.149. The Morgan fingerprint density at radius 2 is 1.67 bits per heavy atom. The van der Waals surface area contributed by atoms with Crippen molar-refractivity contribution in [2.24, 2.45) is 0 Å². The van der Waals surface area contributed by atoms with Gasteiger partial charge in [-0.3, -0.25) is 9.21 Å². The van der Waals surface area contributed by atoms with Gasteiger partial charge in [0.05, 0.1) is 23.7 Å². The van der Waals surface area contributed by atoms with E-state index in [1.807, 2.05) is 13.0 Å². The second-order valence-corrected chi connectivity index (χ2v) is 10.4. The quantitative estimate of drug-likeness (QED) is 0.417. The molecule has 0 unspecified atom stereocenters. The van der Waals surface area contributed by atoms with Gasteiger partial charge in [0.15, 0.2) is 0 Å². The largest absolute Gasteiger partial charge is 0.390 e. The van der Waals surface area contributed by atoms with Crippen LogP contribution in [-0.4, -0.2) is 26.2 Å². The molecule has 3 aromatic rings. The van der Waals surface area contributed by atoms with Crippen molar-refractivity contribution in [3.8, 4) is 0 Å². The van der Waals surface area contributed by atoms with Crippen molar-refractivity contribution in [1.82, 2.24) is 4.90 Å². The molecule has 0 aliphatic carbocycles. The highest BCUT2D eigenvalue weighted by Gasteiger charge is 2.42. The highest BCUT2D eigenvalue weighted by Crippen LogP contribution is 2.44. The van der Waals surface area contributed by atoms with Gasteiger partial charge in [0.25, 0.3) is 10.0 Å². The molecule has 0 amide bonds. The van der Waals surface area contributed by atoms with Crippen LogP contribution in [0.3, 0.4) is 0 Å². The summed E-state index contributed by atoms with van der Waals surface area (Å²) in [6, 6.07) is 18.7. The van der Waals surface area contributed by atoms with Crippen molar-refractivity contribution >= 4 is 27.3 Å². The van der Waals surface area contributed by atoms with Crippen LogP contribution in [0.5, 0.6) is 0 Å². The van der Waals surface area contributed by atoms with Crippen LogP contribution in [0.1, 0.15) is 29.2 Å². The summed E-state index contributed by atoms with van der Waals surface area (Å²) >= 11 is 6.15. The summed E-state index contributed by atoms with van der Waals surface area (Å²) < 4.78 is 69.1. The maximum absolute atomic E-state index is 13.6. The summed E-state index contributed by atoms with van der Waals surface area (Å²) in [6.45, 7) is 1.76. The average Bonchev–Trinajstić information content (AvgIpc) is 2.75. The molecule has 0 saturated heterocycles. The van der Waals surface area contributed by atoms with E-state index in [9.17, 15) is 21.6 Å². The van der Waals surface area contributed by atoms with E-state index in [0.29, 0.717) is 0 Å². The number of fused-ring (bicyclic) bond motifs is 1. The van der Waals surface area contributed by atoms with Gasteiger partial charge in [-0.05, 0) is 42.3 Å². The van der Waals surface area contributed by atoms with Crippen LogP contribution in [0.25, 0.3) is 0 Å². The first-order valence-electron chi connectivity index (χ1n) is 10.3. The smallest absolute Gasteiger partial charge is 0.273 e. The van der Waals surface area contributed by atoms with E-state index in [2.05, 4.69) is 0 Å². The third-order valence-electron chi connectivity index (χ3n) is 5.63. The minimum absolute atomic E-state index is 0.0629. The summed E-state index contributed by atoms with van der Waals surface area (Å²) in [7, 11) is -4.05. The Labute approximate surface area is 196 Å². The minimum Gasteiger partial charge on any atom is -0.273 e. The molecule has 0 spiro atoms. The molecular formula is C24H22ClF3N2O2S. The lowest BCUT2D eigenvalue weighted by Gasteiger charge is -2.43. The predicted octanol–water partition coefficient (Wildman–Crippen LogP) is 6.31. The summed E-state index contributed by atoms with van der Waals surface area (Å²) in [5, 5.41) is 0.250. The summed E-state index contributed by atoms with van der Waals surface area (Å²) in [5.74, 6) is 0. The molecule has 0 fully saturated rings. The molecule has 0 radical (unpaired) electrons. The molecule has 1 atom stereocenters. The highest BCUT2D eigenvalue weighted by atomic mass is 35.5. The standard InChI is InChI=1S/C24H22ClF3N2O2S/c1-17-7-10-20(11-8-17)33(31,32)30-16-29(15-18-5-3-2-4-6-18)23(14-24(26,27)28)21-12-9-19(25)13-22(21)30/h2-13,23H,14-16H2,1H3/t23-/m1/s1. The van der Waals surface area contributed by atoms with Crippen LogP contribution in [0.2, 0.25) is 5.02 Å². The fraction of sp³-hybridized carbons (Fsp3) is 0.250. The Morgan fingerprint density at radius 3 is 2.30 bits per heavy atom. The molecule has 1 aliphatic rings. The van der Waals surface area contributed by atoms with Crippen LogP contribution in [0.4, 0.5) is 18.9 Å². The molecular weight excluding hydrogens is 473 g/mol. The average molecular weight is 495 g/mol. The number of benzene rings is 3. The zero-order valence-electron chi connectivity index (χ0n) is 17.8. The predicted molar refractivity (Wildman–Crippen MR) is 123 cm³/mol. The number of rotatable bonds is 5. The normalized spacial score (nSPS) is 17.1. The molecule has 9 heteroatoms. The van der Waals surface area contributed by atoms with Crippen molar-refractivity contribution in [2.75, 3.05) is 11.0 Å². The number of aryl methyl sites for hydroxylation is 1. The molecule has 3 aromatic carbocycles. The highest BCUT2D eigenvalue weighted by molar-refractivity contribution is 7.92. The van der Waals surface area contributed by atoms with Crippen LogP contribution in [0.15, 0.2) is 77.7 Å². The number of hydrogen-bond donors (Lipinski definition) is 0. The van der Waals surface area contributed by atoms with Crippen molar-refractivity contribution in [1.29, 1.82) is 0 Å². The molecule has 0 aromatic heterocycles. The Balaban J connectivity index is 1.84. The van der Waals surface area contributed by atoms with Gasteiger partial charge in [0, 0.05) is 17.6 Å². The molecule has 4 nitrogen and oxygen atoms in total. The molecule has 0 N–H and O–H groups in total. The fourth-order valence-electron chi connectivity index (χ4n) is 4.03. The van der Waals surface area contributed by atoms with Gasteiger partial charge >= 0.3 is 6.18 Å². The van der Waals surface area contributed by atoms with Crippen molar-refractivity contribution in [3.05, 3.63) is 94.5 Å². The van der Waals surface area contributed by atoms with Gasteiger partial charge in [-0.25, -0.2) is 8.42 Å². The van der Waals surface area contributed by atoms with Gasteiger partial charge in [0.2, 0.25) is 0 Å². The third-order valence-corrected chi connectivity index (χ3v) is 7.63. The number of alkyl halides is 3. The van der Waals surface area contributed by atoms with E-state index in [0.717, 1.165) is 15.4 Å². The molecule has 1 aliphatic heterocycles. The van der Waals surface area contributed by atoms with Gasteiger partial charge in [-0.2, -0.15) is 13.2 Å². The van der Waals surface area contributed by atoms with E-state index < -0.39 is 28.7 Å². The number of sulfonamides is 1. The topological polar surface area (TPSA) is 40.6 Å². The SMILES string of the molecule is Cc1ccc(S(=O)(=O)N2CN(Cc3ccccc3)[C@H](CC(F)(F)F)c3ccc(Cl)cc32)cc1. The molecule has 4 rings (SSSR count). The lowest BCUT2D eigenvalue weighted by atomic mass is 9.97. The Bertz CT molecular complexity index is 1230. The second kappa shape index (κ2) is 9.00. The first-order valence-corrected chi connectivity index (χ1v) is 12.1. The van der Waals surface area contributed by atoms with Gasteiger partial charge < -0.3 is 0 Å². The Hall–Kier alpha value is -2.55. The van der Waals surface area contributed by atoms with Crippen LogP contribution in [-0.2, 0) is 16.6 Å². The van der Waals surface area contributed by atoms with Crippen LogP contribution < -0.4 is 4.31 Å². The second-order valence-electron chi connectivity index (χ2n) is 8.08. The van der Waals surface area contributed by atoms with Crippen molar-refractivity contribution in [3.63, 3.8) is 0 Å². The van der Waals surface area contributed by atoms with E-state index in [1.165, 1.54) is 30.3 Å². The first kappa shape index (κ1) is 23.6. The minimum atomic E-state index is -4.44. The van der Waals surface area contributed by atoms with Gasteiger partial charge in [0.1, 0.15) is 0 Å². The Morgan fingerprint density at radius 1 is 1.00 bits per heavy atom. The van der Waals surface area contributed by atoms with Crippen molar-refractivity contribution < 1.29 is 21.6 Å². The van der Waals surface area contributed by atoms with Gasteiger partial charge in [-0.15, -0.1) is 0 Å². The number of halogens is 4. The van der Waals surface area contributed by atoms with E-state index in [4.69, 9.17) is 11.6 Å². The zero-order valence-corrected chi connectivity index (χ0v) is 19.3. The molecule has 0 bridgehead atoms. The molecule has 33 heavy (non-hydrogen) atoms. The molecule has 1 heterocycles. The number of anilines is 1. The van der Waals surface area contributed by atoms with Crippen molar-refractivity contribution in [2.45, 2.75) is 37.0 Å². The maximum Gasteiger partial charge on any atom is 0.390 e. The van der Waals surface area contributed by atoms with E-state index >= 15 is 0 Å². The number of hydrogen-bond acceptors (Lipinski definition) is 3. The maximum atomic E-state index is 13.6. The zero-order chi connectivity index (χ0) is 23.8. The first-order chi connectivity index (χ1) is 15.5. The Kier molecular flexibility index (Phi) is 6.44. The molecule has 174 valence electrons. The number of nitrogens with zero attached hydrogens (tertiary/aromatic N) is 2. The van der Waals surface area contributed by atoms with Gasteiger partial charge in [-0.1, -0.05) is 65.7 Å². The van der Waals surface area contributed by atoms with E-state index in [-0.39, 0.29) is 34.4 Å². The lowest BCUT2D eigenvalue weighted by Crippen LogP contribution is -2.48. The summed E-state index contributed by atoms with van der Waals surface area (Å²) in [4.78, 5) is 1.61. The van der Waals surface area contributed by atoms with Crippen LogP contribution in [0, 0.1) is 6.92 Å². The van der Waals surface area contributed by atoms with E-state index in [1.54, 1.807) is 41.3 Å². The van der Waals surface area contributed by atoms with Crippen LogP contribution >= 0.6 is 11.6 Å². The fourth-order valence-corrected chi connectivity index (χ4v) is 5.65. The summed E-state index contributed by atoms with van der Waals surface area (Å²) in [6.07, 6.45) is -5.54. The third kappa shape index (κ3) is 5.18. The monoisotopic (exact) mass is 494 g/mol. The summed E-state index contributed by atoms with van der Waals surface area (Å²) in [5.41, 5.74) is 2.12.